The zero-order chi connectivity index (χ0) is 12.5. The van der Waals surface area contributed by atoms with Crippen LogP contribution in [0.5, 0.6) is 0 Å². The Balaban J connectivity index is 2.16. The standard InChI is InChI=1S/C13H20BrNOS/c1-13(2,15-7-4-3-5-8-15)12(16)11-10(14)6-9-17-11/h6,9,12,16H,3-5,7-8H2,1-2H3. The van der Waals surface area contributed by atoms with Gasteiger partial charge in [0.05, 0.1) is 0 Å². The van der Waals surface area contributed by atoms with Crippen LogP contribution in [0.3, 0.4) is 0 Å². The minimum absolute atomic E-state index is 0.187. The first kappa shape index (κ1) is 13.5. The van der Waals surface area contributed by atoms with E-state index in [-0.39, 0.29) is 5.54 Å². The van der Waals surface area contributed by atoms with Gasteiger partial charge in [-0.05, 0) is 67.2 Å². The number of piperidine rings is 1. The van der Waals surface area contributed by atoms with Gasteiger partial charge in [-0.2, -0.15) is 0 Å². The highest BCUT2D eigenvalue weighted by atomic mass is 79.9. The quantitative estimate of drug-likeness (QED) is 0.916. The van der Waals surface area contributed by atoms with Gasteiger partial charge in [-0.15, -0.1) is 11.3 Å². The van der Waals surface area contributed by atoms with Crippen LogP contribution in [0.2, 0.25) is 0 Å². The van der Waals surface area contributed by atoms with Crippen LogP contribution in [0.15, 0.2) is 15.9 Å². The van der Waals surface area contributed by atoms with E-state index < -0.39 is 6.10 Å². The monoisotopic (exact) mass is 317 g/mol. The Morgan fingerprint density at radius 1 is 1.35 bits per heavy atom. The summed E-state index contributed by atoms with van der Waals surface area (Å²) in [4.78, 5) is 3.47. The van der Waals surface area contributed by atoms with Gasteiger partial charge in [0.2, 0.25) is 0 Å². The number of hydrogen-bond acceptors (Lipinski definition) is 3. The van der Waals surface area contributed by atoms with Crippen molar-refractivity contribution in [3.05, 3.63) is 20.8 Å². The van der Waals surface area contributed by atoms with Crippen LogP contribution in [0.1, 0.15) is 44.1 Å². The van der Waals surface area contributed by atoms with Crippen LogP contribution in [0.4, 0.5) is 0 Å². The first-order chi connectivity index (χ1) is 8.03. The lowest BCUT2D eigenvalue weighted by molar-refractivity contribution is -0.0193. The molecule has 1 unspecified atom stereocenters. The van der Waals surface area contributed by atoms with Gasteiger partial charge in [-0.1, -0.05) is 6.42 Å². The number of aliphatic hydroxyl groups is 1. The van der Waals surface area contributed by atoms with Gasteiger partial charge in [-0.3, -0.25) is 4.90 Å². The zero-order valence-corrected chi connectivity index (χ0v) is 12.9. The molecule has 1 fully saturated rings. The Labute approximate surface area is 116 Å². The van der Waals surface area contributed by atoms with Crippen LogP contribution < -0.4 is 0 Å². The number of likely N-dealkylation sites (tertiary alicyclic amines) is 1. The molecule has 0 radical (unpaired) electrons. The predicted octanol–water partition coefficient (Wildman–Crippen LogP) is 3.81. The molecule has 1 aromatic heterocycles. The predicted molar refractivity (Wildman–Crippen MR) is 76.5 cm³/mol. The highest BCUT2D eigenvalue weighted by Crippen LogP contribution is 2.38. The molecule has 4 heteroatoms. The van der Waals surface area contributed by atoms with E-state index in [4.69, 9.17) is 0 Å². The molecule has 0 bridgehead atoms. The maximum atomic E-state index is 10.6. The largest absolute Gasteiger partial charge is 0.386 e. The SMILES string of the molecule is CC(C)(C(O)c1sccc1Br)N1CCCCC1. The Bertz CT molecular complexity index is 371. The average Bonchev–Trinajstić information content (AvgIpc) is 2.75. The van der Waals surface area contributed by atoms with Gasteiger partial charge >= 0.3 is 0 Å². The Kier molecular flexibility index (Phi) is 4.29. The molecule has 1 saturated heterocycles. The summed E-state index contributed by atoms with van der Waals surface area (Å²) in [6.45, 7) is 6.50. The third kappa shape index (κ3) is 2.75. The van der Waals surface area contributed by atoms with Crippen molar-refractivity contribution in [3.63, 3.8) is 0 Å². The number of halogens is 1. The van der Waals surface area contributed by atoms with Gasteiger partial charge in [0, 0.05) is 14.9 Å². The van der Waals surface area contributed by atoms with Crippen LogP contribution in [-0.2, 0) is 0 Å². The third-order valence-electron chi connectivity index (χ3n) is 3.73. The van der Waals surface area contributed by atoms with Crippen molar-refractivity contribution in [2.24, 2.45) is 0 Å². The second-order valence-corrected chi connectivity index (χ2v) is 7.04. The molecule has 0 aromatic carbocycles. The maximum absolute atomic E-state index is 10.6. The van der Waals surface area contributed by atoms with Crippen molar-refractivity contribution in [2.45, 2.75) is 44.8 Å². The van der Waals surface area contributed by atoms with Crippen molar-refractivity contribution < 1.29 is 5.11 Å². The van der Waals surface area contributed by atoms with E-state index in [9.17, 15) is 5.11 Å². The molecule has 17 heavy (non-hydrogen) atoms. The van der Waals surface area contributed by atoms with E-state index in [0.717, 1.165) is 22.4 Å². The van der Waals surface area contributed by atoms with Gasteiger partial charge < -0.3 is 5.11 Å². The van der Waals surface area contributed by atoms with E-state index in [0.29, 0.717) is 0 Å². The number of hydrogen-bond donors (Lipinski definition) is 1. The molecule has 0 saturated carbocycles. The summed E-state index contributed by atoms with van der Waals surface area (Å²) in [5.74, 6) is 0. The lowest BCUT2D eigenvalue weighted by Crippen LogP contribution is -2.50. The van der Waals surface area contributed by atoms with Crippen molar-refractivity contribution >= 4 is 27.3 Å². The highest BCUT2D eigenvalue weighted by molar-refractivity contribution is 9.10. The van der Waals surface area contributed by atoms with Crippen LogP contribution in [-0.4, -0.2) is 28.6 Å². The fourth-order valence-corrected chi connectivity index (χ4v) is 4.22. The van der Waals surface area contributed by atoms with E-state index in [1.807, 2.05) is 11.4 Å². The van der Waals surface area contributed by atoms with Crippen LogP contribution >= 0.6 is 27.3 Å². The number of rotatable bonds is 3. The van der Waals surface area contributed by atoms with Crippen molar-refractivity contribution in [3.8, 4) is 0 Å². The first-order valence-electron chi connectivity index (χ1n) is 6.19. The van der Waals surface area contributed by atoms with E-state index >= 15 is 0 Å². The third-order valence-corrected chi connectivity index (χ3v) is 5.66. The van der Waals surface area contributed by atoms with E-state index in [2.05, 4.69) is 34.7 Å². The summed E-state index contributed by atoms with van der Waals surface area (Å²) in [7, 11) is 0. The second-order valence-electron chi connectivity index (χ2n) is 5.24. The lowest BCUT2D eigenvalue weighted by Gasteiger charge is -2.43. The number of nitrogens with zero attached hydrogens (tertiary/aromatic N) is 1. The molecule has 0 amide bonds. The zero-order valence-electron chi connectivity index (χ0n) is 10.4. The van der Waals surface area contributed by atoms with Crippen LogP contribution in [0, 0.1) is 0 Å². The summed E-state index contributed by atoms with van der Waals surface area (Å²) in [5, 5.41) is 12.6. The summed E-state index contributed by atoms with van der Waals surface area (Å²) < 4.78 is 1.03. The average molecular weight is 318 g/mol. The molecule has 0 spiro atoms. The Morgan fingerprint density at radius 3 is 2.53 bits per heavy atom. The molecule has 2 nitrogen and oxygen atoms in total. The molecular weight excluding hydrogens is 298 g/mol. The molecule has 1 atom stereocenters. The fraction of sp³-hybridized carbons (Fsp3) is 0.692. The van der Waals surface area contributed by atoms with Crippen molar-refractivity contribution in [1.82, 2.24) is 4.90 Å². The number of thiophene rings is 1. The molecule has 2 rings (SSSR count). The molecule has 1 aromatic rings. The molecule has 1 aliphatic heterocycles. The minimum atomic E-state index is -0.421. The molecule has 0 aliphatic carbocycles. The molecule has 96 valence electrons. The normalized spacial score (nSPS) is 20.5. The summed E-state index contributed by atoms with van der Waals surface area (Å²) >= 11 is 5.14. The number of aliphatic hydroxyl groups excluding tert-OH is 1. The molecular formula is C13H20BrNOS. The maximum Gasteiger partial charge on any atom is 0.107 e. The highest BCUT2D eigenvalue weighted by Gasteiger charge is 2.37. The van der Waals surface area contributed by atoms with E-state index in [1.54, 1.807) is 11.3 Å². The Hall–Kier alpha value is 0.1000. The summed E-state index contributed by atoms with van der Waals surface area (Å²) in [6, 6.07) is 2.01. The van der Waals surface area contributed by atoms with Crippen LogP contribution in [0.25, 0.3) is 0 Å². The summed E-state index contributed by atoms with van der Waals surface area (Å²) in [5.41, 5.74) is -0.187. The topological polar surface area (TPSA) is 23.5 Å². The minimum Gasteiger partial charge on any atom is -0.386 e. The summed E-state index contributed by atoms with van der Waals surface area (Å²) in [6.07, 6.45) is 3.41. The van der Waals surface area contributed by atoms with Crippen molar-refractivity contribution in [1.29, 1.82) is 0 Å². The lowest BCUT2D eigenvalue weighted by atomic mass is 9.91. The van der Waals surface area contributed by atoms with Gasteiger partial charge in [-0.25, -0.2) is 0 Å². The Morgan fingerprint density at radius 2 is 2.00 bits per heavy atom. The first-order valence-corrected chi connectivity index (χ1v) is 7.87. The van der Waals surface area contributed by atoms with Gasteiger partial charge in [0.25, 0.3) is 0 Å². The second kappa shape index (κ2) is 5.39. The fourth-order valence-electron chi connectivity index (χ4n) is 2.46. The van der Waals surface area contributed by atoms with Crippen molar-refractivity contribution in [2.75, 3.05) is 13.1 Å². The molecule has 2 heterocycles. The van der Waals surface area contributed by atoms with E-state index in [1.165, 1.54) is 19.3 Å². The molecule has 1 N–H and O–H groups in total. The smallest absolute Gasteiger partial charge is 0.107 e. The molecule has 1 aliphatic rings. The van der Waals surface area contributed by atoms with Gasteiger partial charge in [0.1, 0.15) is 6.10 Å². The van der Waals surface area contributed by atoms with Gasteiger partial charge in [0.15, 0.2) is 0 Å².